The molecule has 21 heavy (non-hydrogen) atoms. The van der Waals surface area contributed by atoms with E-state index in [-0.39, 0.29) is 18.5 Å². The second-order valence-electron chi connectivity index (χ2n) is 5.37. The SMILES string of the molecule is Cc1ccc(C)c(NCC(=O)N[C@@H](C)c2ccccc2)c1. The molecule has 0 spiro atoms. The smallest absolute Gasteiger partial charge is 0.239 e. The Hall–Kier alpha value is -2.29. The highest BCUT2D eigenvalue weighted by molar-refractivity contribution is 5.81. The van der Waals surface area contributed by atoms with Gasteiger partial charge in [-0.15, -0.1) is 0 Å². The van der Waals surface area contributed by atoms with Gasteiger partial charge in [0.25, 0.3) is 0 Å². The lowest BCUT2D eigenvalue weighted by Gasteiger charge is -2.15. The fraction of sp³-hybridized carbons (Fsp3) is 0.278. The van der Waals surface area contributed by atoms with Gasteiger partial charge in [0.15, 0.2) is 0 Å². The number of aryl methyl sites for hydroxylation is 2. The van der Waals surface area contributed by atoms with Gasteiger partial charge in [-0.3, -0.25) is 4.79 Å². The van der Waals surface area contributed by atoms with Gasteiger partial charge >= 0.3 is 0 Å². The predicted octanol–water partition coefficient (Wildman–Crippen LogP) is 3.59. The quantitative estimate of drug-likeness (QED) is 0.880. The molecule has 2 aromatic rings. The normalized spacial score (nSPS) is 11.8. The molecule has 2 N–H and O–H groups in total. The maximum Gasteiger partial charge on any atom is 0.239 e. The standard InChI is InChI=1S/C18H22N2O/c1-13-9-10-14(2)17(11-13)19-12-18(21)20-15(3)16-7-5-4-6-8-16/h4-11,15,19H,12H2,1-3H3,(H,20,21)/t15-/m0/s1. The number of nitrogens with one attached hydrogen (secondary N) is 2. The van der Waals surface area contributed by atoms with Crippen molar-refractivity contribution in [3.63, 3.8) is 0 Å². The Morgan fingerprint density at radius 3 is 2.52 bits per heavy atom. The molecule has 0 saturated carbocycles. The first-order valence-corrected chi connectivity index (χ1v) is 7.21. The molecule has 0 aliphatic rings. The van der Waals surface area contributed by atoms with Gasteiger partial charge in [-0.2, -0.15) is 0 Å². The van der Waals surface area contributed by atoms with E-state index < -0.39 is 0 Å². The van der Waals surface area contributed by atoms with Gasteiger partial charge < -0.3 is 10.6 Å². The number of carbonyl (C=O) groups is 1. The topological polar surface area (TPSA) is 41.1 Å². The van der Waals surface area contributed by atoms with Crippen molar-refractivity contribution < 1.29 is 4.79 Å². The van der Waals surface area contributed by atoms with E-state index in [9.17, 15) is 4.79 Å². The molecule has 2 aromatic carbocycles. The van der Waals surface area contributed by atoms with Crippen LogP contribution in [0.1, 0.15) is 29.7 Å². The molecule has 1 atom stereocenters. The van der Waals surface area contributed by atoms with Crippen LogP contribution in [-0.2, 0) is 4.79 Å². The molecule has 3 heteroatoms. The zero-order valence-corrected chi connectivity index (χ0v) is 12.8. The minimum absolute atomic E-state index is 0.00717. The highest BCUT2D eigenvalue weighted by atomic mass is 16.1. The fourth-order valence-corrected chi connectivity index (χ4v) is 2.22. The monoisotopic (exact) mass is 282 g/mol. The summed E-state index contributed by atoms with van der Waals surface area (Å²) in [5, 5.41) is 6.20. The minimum atomic E-state index is -0.00717. The third-order valence-corrected chi connectivity index (χ3v) is 3.51. The number of hydrogen-bond donors (Lipinski definition) is 2. The molecule has 0 aliphatic carbocycles. The van der Waals surface area contributed by atoms with E-state index in [1.165, 1.54) is 5.56 Å². The summed E-state index contributed by atoms with van der Waals surface area (Å²) >= 11 is 0. The number of benzene rings is 2. The van der Waals surface area contributed by atoms with Crippen LogP contribution in [0.2, 0.25) is 0 Å². The Bertz CT molecular complexity index is 608. The van der Waals surface area contributed by atoms with Crippen molar-refractivity contribution in [2.45, 2.75) is 26.8 Å². The van der Waals surface area contributed by atoms with Crippen molar-refractivity contribution >= 4 is 11.6 Å². The molecule has 1 amide bonds. The van der Waals surface area contributed by atoms with Crippen LogP contribution < -0.4 is 10.6 Å². The lowest BCUT2D eigenvalue weighted by atomic mass is 10.1. The summed E-state index contributed by atoms with van der Waals surface area (Å²) in [7, 11) is 0. The number of rotatable bonds is 5. The van der Waals surface area contributed by atoms with E-state index in [0.717, 1.165) is 16.8 Å². The largest absolute Gasteiger partial charge is 0.376 e. The first-order valence-electron chi connectivity index (χ1n) is 7.21. The Morgan fingerprint density at radius 2 is 1.81 bits per heavy atom. The number of carbonyl (C=O) groups excluding carboxylic acids is 1. The van der Waals surface area contributed by atoms with Gasteiger partial charge in [-0.1, -0.05) is 42.5 Å². The summed E-state index contributed by atoms with van der Waals surface area (Å²) in [6.07, 6.45) is 0. The third kappa shape index (κ3) is 4.35. The predicted molar refractivity (Wildman–Crippen MR) is 87.4 cm³/mol. The van der Waals surface area contributed by atoms with E-state index in [1.807, 2.05) is 51.1 Å². The summed E-state index contributed by atoms with van der Waals surface area (Å²) in [6.45, 7) is 6.35. The Labute approximate surface area is 126 Å². The van der Waals surface area contributed by atoms with E-state index in [4.69, 9.17) is 0 Å². The van der Waals surface area contributed by atoms with Crippen molar-refractivity contribution in [3.8, 4) is 0 Å². The number of anilines is 1. The lowest BCUT2D eigenvalue weighted by Crippen LogP contribution is -2.32. The van der Waals surface area contributed by atoms with Crippen molar-refractivity contribution in [1.29, 1.82) is 0 Å². The highest BCUT2D eigenvalue weighted by Crippen LogP contribution is 2.16. The molecule has 0 aromatic heterocycles. The second-order valence-corrected chi connectivity index (χ2v) is 5.37. The third-order valence-electron chi connectivity index (χ3n) is 3.51. The first kappa shape index (κ1) is 15.1. The van der Waals surface area contributed by atoms with Gasteiger partial charge in [-0.25, -0.2) is 0 Å². The zero-order chi connectivity index (χ0) is 15.2. The molecule has 110 valence electrons. The van der Waals surface area contributed by atoms with Crippen LogP contribution in [0, 0.1) is 13.8 Å². The van der Waals surface area contributed by atoms with Gasteiger partial charge in [0.1, 0.15) is 0 Å². The minimum Gasteiger partial charge on any atom is -0.376 e. The molecule has 0 heterocycles. The Morgan fingerprint density at radius 1 is 1.10 bits per heavy atom. The highest BCUT2D eigenvalue weighted by Gasteiger charge is 2.09. The van der Waals surface area contributed by atoms with E-state index in [2.05, 4.69) is 28.8 Å². The summed E-state index contributed by atoms with van der Waals surface area (Å²) in [5.41, 5.74) is 4.45. The Kier molecular flexibility index (Phi) is 4.99. The molecule has 0 bridgehead atoms. The lowest BCUT2D eigenvalue weighted by molar-refractivity contribution is -0.120. The van der Waals surface area contributed by atoms with Crippen LogP contribution in [0.25, 0.3) is 0 Å². The summed E-state index contributed by atoms with van der Waals surface area (Å²) < 4.78 is 0. The maximum atomic E-state index is 12.0. The van der Waals surface area contributed by atoms with Crippen LogP contribution in [0.15, 0.2) is 48.5 Å². The summed E-state index contributed by atoms with van der Waals surface area (Å²) in [5.74, 6) is -0.00717. The van der Waals surface area contributed by atoms with Crippen molar-refractivity contribution in [2.75, 3.05) is 11.9 Å². The molecule has 0 saturated heterocycles. The van der Waals surface area contributed by atoms with E-state index in [0.29, 0.717) is 0 Å². The van der Waals surface area contributed by atoms with Crippen molar-refractivity contribution in [2.24, 2.45) is 0 Å². The van der Waals surface area contributed by atoms with Crippen LogP contribution in [0.5, 0.6) is 0 Å². The molecule has 0 unspecified atom stereocenters. The van der Waals surface area contributed by atoms with Gasteiger partial charge in [0.2, 0.25) is 5.91 Å². The maximum absolute atomic E-state index is 12.0. The van der Waals surface area contributed by atoms with Gasteiger partial charge in [-0.05, 0) is 43.5 Å². The average Bonchev–Trinajstić information content (AvgIpc) is 2.49. The molecule has 0 aliphatic heterocycles. The molecular formula is C18H22N2O. The van der Waals surface area contributed by atoms with Crippen LogP contribution in [-0.4, -0.2) is 12.5 Å². The first-order chi connectivity index (χ1) is 10.1. The van der Waals surface area contributed by atoms with Crippen LogP contribution in [0.4, 0.5) is 5.69 Å². The molecule has 2 rings (SSSR count). The molecule has 3 nitrogen and oxygen atoms in total. The van der Waals surface area contributed by atoms with Crippen molar-refractivity contribution in [3.05, 3.63) is 65.2 Å². The number of hydrogen-bond acceptors (Lipinski definition) is 2. The van der Waals surface area contributed by atoms with Crippen LogP contribution in [0.3, 0.4) is 0 Å². The van der Waals surface area contributed by atoms with E-state index in [1.54, 1.807) is 0 Å². The molecule has 0 radical (unpaired) electrons. The summed E-state index contributed by atoms with van der Waals surface area (Å²) in [4.78, 5) is 12.0. The molecule has 0 fully saturated rings. The van der Waals surface area contributed by atoms with E-state index >= 15 is 0 Å². The second kappa shape index (κ2) is 6.93. The zero-order valence-electron chi connectivity index (χ0n) is 12.8. The number of amides is 1. The average molecular weight is 282 g/mol. The molecular weight excluding hydrogens is 260 g/mol. The van der Waals surface area contributed by atoms with Crippen LogP contribution >= 0.6 is 0 Å². The Balaban J connectivity index is 1.89. The van der Waals surface area contributed by atoms with Gasteiger partial charge in [0, 0.05) is 5.69 Å². The summed E-state index contributed by atoms with van der Waals surface area (Å²) in [6, 6.07) is 16.2. The van der Waals surface area contributed by atoms with Crippen molar-refractivity contribution in [1.82, 2.24) is 5.32 Å². The fourth-order valence-electron chi connectivity index (χ4n) is 2.22. The van der Waals surface area contributed by atoms with Gasteiger partial charge in [0.05, 0.1) is 12.6 Å².